The first-order valence-electron chi connectivity index (χ1n) is 7.81. The van der Waals surface area contributed by atoms with E-state index < -0.39 is 0 Å². The molecular formula is C17H15N5O2S. The number of carbonyl (C=O) groups is 2. The van der Waals surface area contributed by atoms with Gasteiger partial charge in [-0.3, -0.25) is 19.7 Å². The molecule has 3 aromatic rings. The summed E-state index contributed by atoms with van der Waals surface area (Å²) in [6.45, 7) is 0.939. The van der Waals surface area contributed by atoms with Crippen molar-refractivity contribution in [3.8, 4) is 10.6 Å². The van der Waals surface area contributed by atoms with Crippen LogP contribution in [0.4, 0.5) is 5.69 Å². The Kier molecular flexibility index (Phi) is 4.02. The molecule has 2 amide bonds. The molecule has 0 unspecified atom stereocenters. The minimum absolute atomic E-state index is 0.0366. The zero-order valence-electron chi connectivity index (χ0n) is 13.3. The van der Waals surface area contributed by atoms with E-state index in [2.05, 4.69) is 15.2 Å². The molecule has 1 fully saturated rings. The average Bonchev–Trinajstić information content (AvgIpc) is 3.33. The van der Waals surface area contributed by atoms with Crippen molar-refractivity contribution in [2.75, 3.05) is 24.5 Å². The van der Waals surface area contributed by atoms with E-state index >= 15 is 0 Å². The van der Waals surface area contributed by atoms with Crippen LogP contribution in [0.3, 0.4) is 0 Å². The molecule has 25 heavy (non-hydrogen) atoms. The second-order valence-electron chi connectivity index (χ2n) is 5.63. The van der Waals surface area contributed by atoms with Gasteiger partial charge < -0.3 is 9.80 Å². The summed E-state index contributed by atoms with van der Waals surface area (Å²) >= 11 is 1.57. The van der Waals surface area contributed by atoms with Crippen LogP contribution < -0.4 is 4.90 Å². The predicted octanol–water partition coefficient (Wildman–Crippen LogP) is 2.02. The van der Waals surface area contributed by atoms with Crippen molar-refractivity contribution < 1.29 is 9.59 Å². The number of nitrogens with zero attached hydrogens (tertiary/aromatic N) is 4. The van der Waals surface area contributed by atoms with Gasteiger partial charge in [-0.2, -0.15) is 5.10 Å². The topological polar surface area (TPSA) is 82.2 Å². The zero-order valence-corrected chi connectivity index (χ0v) is 14.1. The molecule has 0 aromatic carbocycles. The van der Waals surface area contributed by atoms with Crippen LogP contribution >= 0.6 is 11.3 Å². The van der Waals surface area contributed by atoms with Gasteiger partial charge in [0, 0.05) is 19.3 Å². The summed E-state index contributed by atoms with van der Waals surface area (Å²) in [6.07, 6.45) is 3.31. The number of thiophene rings is 1. The van der Waals surface area contributed by atoms with Gasteiger partial charge in [0.15, 0.2) is 5.69 Å². The molecule has 0 radical (unpaired) electrons. The molecule has 3 aromatic heterocycles. The van der Waals surface area contributed by atoms with Gasteiger partial charge in [-0.15, -0.1) is 11.3 Å². The van der Waals surface area contributed by atoms with Crippen molar-refractivity contribution in [1.82, 2.24) is 20.1 Å². The van der Waals surface area contributed by atoms with Gasteiger partial charge >= 0.3 is 0 Å². The lowest BCUT2D eigenvalue weighted by Gasteiger charge is -2.33. The maximum absolute atomic E-state index is 12.6. The van der Waals surface area contributed by atoms with E-state index in [4.69, 9.17) is 0 Å². The lowest BCUT2D eigenvalue weighted by Crippen LogP contribution is -2.52. The van der Waals surface area contributed by atoms with Crippen LogP contribution in [0.2, 0.25) is 0 Å². The van der Waals surface area contributed by atoms with Crippen LogP contribution in [0.15, 0.2) is 48.1 Å². The number of H-pyrrole nitrogens is 1. The smallest absolute Gasteiger partial charge is 0.274 e. The summed E-state index contributed by atoms with van der Waals surface area (Å²) in [5, 5.41) is 8.95. The molecule has 4 rings (SSSR count). The third-order valence-electron chi connectivity index (χ3n) is 4.05. The normalized spacial score (nSPS) is 14.8. The standard InChI is InChI=1S/C17H15N5O2S/c23-16-11-21(6-7-22(16)12-3-1-5-18-10-12)17(24)14-9-13(19-20-14)15-4-2-8-25-15/h1-5,8-10H,6-7,11H2,(H,19,20). The second-order valence-corrected chi connectivity index (χ2v) is 6.58. The lowest BCUT2D eigenvalue weighted by molar-refractivity contribution is -0.120. The highest BCUT2D eigenvalue weighted by Crippen LogP contribution is 2.24. The number of anilines is 1. The zero-order chi connectivity index (χ0) is 17.2. The van der Waals surface area contributed by atoms with E-state index in [0.29, 0.717) is 18.8 Å². The van der Waals surface area contributed by atoms with Crippen LogP contribution in [0.5, 0.6) is 0 Å². The summed E-state index contributed by atoms with van der Waals surface area (Å²) in [7, 11) is 0. The van der Waals surface area contributed by atoms with Gasteiger partial charge in [-0.25, -0.2) is 0 Å². The number of amides is 2. The fourth-order valence-electron chi connectivity index (χ4n) is 2.78. The molecule has 0 atom stereocenters. The molecule has 1 saturated heterocycles. The first-order chi connectivity index (χ1) is 12.2. The number of nitrogens with one attached hydrogen (secondary N) is 1. The van der Waals surface area contributed by atoms with Gasteiger partial charge in [0.1, 0.15) is 6.54 Å². The monoisotopic (exact) mass is 353 g/mol. The van der Waals surface area contributed by atoms with Gasteiger partial charge in [0.05, 0.1) is 22.5 Å². The Bertz CT molecular complexity index is 891. The van der Waals surface area contributed by atoms with E-state index in [0.717, 1.165) is 16.3 Å². The first kappa shape index (κ1) is 15.5. The molecule has 1 aliphatic rings. The highest BCUT2D eigenvalue weighted by atomic mass is 32.1. The Balaban J connectivity index is 1.47. The van der Waals surface area contributed by atoms with Crippen molar-refractivity contribution in [1.29, 1.82) is 0 Å². The van der Waals surface area contributed by atoms with Gasteiger partial charge in [-0.05, 0) is 29.6 Å². The van der Waals surface area contributed by atoms with E-state index in [1.807, 2.05) is 23.6 Å². The molecule has 0 bridgehead atoms. The number of pyridine rings is 1. The average molecular weight is 353 g/mol. The number of piperazine rings is 1. The quantitative estimate of drug-likeness (QED) is 0.781. The van der Waals surface area contributed by atoms with Gasteiger partial charge in [0.2, 0.25) is 5.91 Å². The molecule has 8 heteroatoms. The number of aromatic nitrogens is 3. The third kappa shape index (κ3) is 3.03. The van der Waals surface area contributed by atoms with Crippen LogP contribution in [0.1, 0.15) is 10.5 Å². The van der Waals surface area contributed by atoms with Crippen LogP contribution in [-0.4, -0.2) is 51.5 Å². The van der Waals surface area contributed by atoms with Crippen LogP contribution in [-0.2, 0) is 4.79 Å². The summed E-state index contributed by atoms with van der Waals surface area (Å²) in [6, 6.07) is 9.26. The molecular weight excluding hydrogens is 338 g/mol. The number of rotatable bonds is 3. The fraction of sp³-hybridized carbons (Fsp3) is 0.176. The highest BCUT2D eigenvalue weighted by Gasteiger charge is 2.29. The number of carbonyl (C=O) groups excluding carboxylic acids is 2. The minimum Gasteiger partial charge on any atom is -0.326 e. The van der Waals surface area contributed by atoms with Gasteiger partial charge in [0.25, 0.3) is 5.91 Å². The summed E-state index contributed by atoms with van der Waals surface area (Å²) in [4.78, 5) is 33.3. The summed E-state index contributed by atoms with van der Waals surface area (Å²) < 4.78 is 0. The summed E-state index contributed by atoms with van der Waals surface area (Å²) in [5.74, 6) is -0.361. The predicted molar refractivity (Wildman–Crippen MR) is 94.4 cm³/mol. The number of hydrogen-bond acceptors (Lipinski definition) is 5. The molecule has 126 valence electrons. The molecule has 0 saturated carbocycles. The van der Waals surface area contributed by atoms with Crippen molar-refractivity contribution >= 4 is 28.8 Å². The number of hydrogen-bond donors (Lipinski definition) is 1. The van der Waals surface area contributed by atoms with Crippen LogP contribution in [0.25, 0.3) is 10.6 Å². The maximum Gasteiger partial charge on any atom is 0.274 e. The molecule has 0 spiro atoms. The minimum atomic E-state index is -0.238. The Morgan fingerprint density at radius 2 is 2.16 bits per heavy atom. The van der Waals surface area contributed by atoms with E-state index in [1.54, 1.807) is 40.8 Å². The van der Waals surface area contributed by atoms with E-state index in [1.165, 1.54) is 4.90 Å². The largest absolute Gasteiger partial charge is 0.326 e. The molecule has 0 aliphatic carbocycles. The lowest BCUT2D eigenvalue weighted by atomic mass is 10.2. The first-order valence-corrected chi connectivity index (χ1v) is 8.69. The SMILES string of the molecule is O=C(c1cc(-c2cccs2)[nH]n1)N1CCN(c2cccnc2)C(=O)C1. The fourth-order valence-corrected chi connectivity index (χ4v) is 3.48. The van der Waals surface area contributed by atoms with Gasteiger partial charge in [-0.1, -0.05) is 6.07 Å². The molecule has 7 nitrogen and oxygen atoms in total. The third-order valence-corrected chi connectivity index (χ3v) is 4.95. The Hall–Kier alpha value is -3.00. The van der Waals surface area contributed by atoms with Crippen molar-refractivity contribution in [2.45, 2.75) is 0 Å². The highest BCUT2D eigenvalue weighted by molar-refractivity contribution is 7.13. The van der Waals surface area contributed by atoms with Crippen molar-refractivity contribution in [2.24, 2.45) is 0 Å². The molecule has 1 N–H and O–H groups in total. The Morgan fingerprint density at radius 3 is 2.88 bits per heavy atom. The second kappa shape index (κ2) is 6.48. The Labute approximate surface area is 147 Å². The van der Waals surface area contributed by atoms with E-state index in [-0.39, 0.29) is 18.4 Å². The van der Waals surface area contributed by atoms with Crippen molar-refractivity contribution in [3.05, 3.63) is 53.8 Å². The van der Waals surface area contributed by atoms with Crippen LogP contribution in [0, 0.1) is 0 Å². The molecule has 1 aliphatic heterocycles. The summed E-state index contributed by atoms with van der Waals surface area (Å²) in [5.41, 5.74) is 1.88. The van der Waals surface area contributed by atoms with E-state index in [9.17, 15) is 9.59 Å². The number of aromatic amines is 1. The maximum atomic E-state index is 12.6. The van der Waals surface area contributed by atoms with Crippen molar-refractivity contribution in [3.63, 3.8) is 0 Å². The molecule has 4 heterocycles. The Morgan fingerprint density at radius 1 is 1.24 bits per heavy atom.